The lowest BCUT2D eigenvalue weighted by molar-refractivity contribution is 0.173. The van der Waals surface area contributed by atoms with Crippen LogP contribution in [0, 0.1) is 6.92 Å². The molecule has 0 heterocycles. The first-order valence-electron chi connectivity index (χ1n) is 3.77. The third kappa shape index (κ3) is 2.05. The molecule has 1 rings (SSSR count). The smallest absolute Gasteiger partial charge is 0.0787 e. The van der Waals surface area contributed by atoms with E-state index in [9.17, 15) is 5.11 Å². The molecule has 0 aliphatic heterocycles. The van der Waals surface area contributed by atoms with Crippen LogP contribution in [-0.2, 0) is 0 Å². The highest BCUT2D eigenvalue weighted by molar-refractivity contribution is 5.26. The van der Waals surface area contributed by atoms with Crippen LogP contribution in [0.4, 0.5) is 0 Å². The van der Waals surface area contributed by atoms with E-state index in [1.807, 2.05) is 25.1 Å². The van der Waals surface area contributed by atoms with Gasteiger partial charge in [0.2, 0.25) is 0 Å². The van der Waals surface area contributed by atoms with Crippen molar-refractivity contribution < 1.29 is 5.11 Å². The molecule has 1 atom stereocenters. The SMILES string of the molecule is [CH]c1cccc(C(O)CC)c1. The molecule has 0 spiro atoms. The highest BCUT2D eigenvalue weighted by Gasteiger charge is 2.02. The van der Waals surface area contributed by atoms with Crippen LogP contribution < -0.4 is 0 Å². The van der Waals surface area contributed by atoms with E-state index in [0.29, 0.717) is 5.56 Å². The van der Waals surface area contributed by atoms with Crippen LogP contribution in [0.3, 0.4) is 0 Å². The summed E-state index contributed by atoms with van der Waals surface area (Å²) in [6, 6.07) is 7.34. The molecule has 0 aromatic heterocycles. The maximum absolute atomic E-state index is 9.40. The van der Waals surface area contributed by atoms with Crippen LogP contribution >= 0.6 is 0 Å². The number of benzene rings is 1. The summed E-state index contributed by atoms with van der Waals surface area (Å²) in [6.07, 6.45) is 0.349. The fraction of sp³-hybridized carbons (Fsp3) is 0.300. The molecule has 0 aliphatic carbocycles. The molecular weight excluding hydrogens is 136 g/mol. The van der Waals surface area contributed by atoms with Crippen LogP contribution in [0.15, 0.2) is 24.3 Å². The monoisotopic (exact) mass is 148 g/mol. The summed E-state index contributed by atoms with van der Waals surface area (Å²) in [4.78, 5) is 0. The van der Waals surface area contributed by atoms with Crippen molar-refractivity contribution in [2.24, 2.45) is 0 Å². The topological polar surface area (TPSA) is 20.2 Å². The highest BCUT2D eigenvalue weighted by Crippen LogP contribution is 2.16. The van der Waals surface area contributed by atoms with E-state index >= 15 is 0 Å². The van der Waals surface area contributed by atoms with E-state index in [4.69, 9.17) is 6.92 Å². The molecule has 1 nitrogen and oxygen atoms in total. The predicted molar refractivity (Wildman–Crippen MR) is 45.1 cm³/mol. The van der Waals surface area contributed by atoms with Crippen molar-refractivity contribution in [1.82, 2.24) is 0 Å². The Morgan fingerprint density at radius 1 is 1.55 bits per heavy atom. The third-order valence-electron chi connectivity index (χ3n) is 1.68. The molecule has 1 N–H and O–H groups in total. The van der Waals surface area contributed by atoms with Gasteiger partial charge in [-0.15, -0.1) is 0 Å². The maximum Gasteiger partial charge on any atom is 0.0787 e. The number of rotatable bonds is 2. The van der Waals surface area contributed by atoms with Crippen molar-refractivity contribution in [3.63, 3.8) is 0 Å². The van der Waals surface area contributed by atoms with E-state index in [-0.39, 0.29) is 6.10 Å². The van der Waals surface area contributed by atoms with Gasteiger partial charge in [0.1, 0.15) is 0 Å². The first-order valence-corrected chi connectivity index (χ1v) is 3.77. The van der Waals surface area contributed by atoms with E-state index < -0.39 is 0 Å². The van der Waals surface area contributed by atoms with Crippen molar-refractivity contribution in [3.8, 4) is 0 Å². The molecule has 1 heteroatoms. The number of hydrogen-bond donors (Lipinski definition) is 1. The molecule has 0 saturated carbocycles. The highest BCUT2D eigenvalue weighted by atomic mass is 16.3. The van der Waals surface area contributed by atoms with Gasteiger partial charge in [-0.3, -0.25) is 0 Å². The summed E-state index contributed by atoms with van der Waals surface area (Å²) < 4.78 is 0. The maximum atomic E-state index is 9.40. The summed E-state index contributed by atoms with van der Waals surface area (Å²) in [5, 5.41) is 9.40. The first kappa shape index (κ1) is 8.28. The van der Waals surface area contributed by atoms with Crippen molar-refractivity contribution >= 4 is 0 Å². The van der Waals surface area contributed by atoms with Crippen LogP contribution in [-0.4, -0.2) is 5.11 Å². The van der Waals surface area contributed by atoms with Gasteiger partial charge in [-0.05, 0) is 24.5 Å². The quantitative estimate of drug-likeness (QED) is 0.681. The fourth-order valence-corrected chi connectivity index (χ4v) is 1.00. The number of aliphatic hydroxyl groups is 1. The minimum Gasteiger partial charge on any atom is -0.388 e. The Kier molecular flexibility index (Phi) is 2.66. The molecule has 2 radical (unpaired) electrons. The van der Waals surface area contributed by atoms with Crippen molar-refractivity contribution in [1.29, 1.82) is 0 Å². The molecule has 0 saturated heterocycles. The summed E-state index contributed by atoms with van der Waals surface area (Å²) in [5.74, 6) is 0. The molecule has 0 fully saturated rings. The van der Waals surface area contributed by atoms with Gasteiger partial charge < -0.3 is 5.11 Å². The average Bonchev–Trinajstić information content (AvgIpc) is 2.03. The Bertz CT molecular complexity index is 230. The lowest BCUT2D eigenvalue weighted by Gasteiger charge is -2.07. The average molecular weight is 148 g/mol. The van der Waals surface area contributed by atoms with Gasteiger partial charge in [0.25, 0.3) is 0 Å². The van der Waals surface area contributed by atoms with E-state index in [0.717, 1.165) is 12.0 Å². The third-order valence-corrected chi connectivity index (χ3v) is 1.68. The molecule has 0 bridgehead atoms. The lowest BCUT2D eigenvalue weighted by Crippen LogP contribution is -1.94. The van der Waals surface area contributed by atoms with Crippen LogP contribution in [0.25, 0.3) is 0 Å². The summed E-state index contributed by atoms with van der Waals surface area (Å²) >= 11 is 0. The van der Waals surface area contributed by atoms with E-state index in [2.05, 4.69) is 0 Å². The zero-order chi connectivity index (χ0) is 8.27. The van der Waals surface area contributed by atoms with E-state index in [1.54, 1.807) is 6.07 Å². The number of aliphatic hydroxyl groups excluding tert-OH is 1. The van der Waals surface area contributed by atoms with E-state index in [1.165, 1.54) is 0 Å². The van der Waals surface area contributed by atoms with Crippen molar-refractivity contribution in [2.75, 3.05) is 0 Å². The van der Waals surface area contributed by atoms with Crippen LogP contribution in [0.5, 0.6) is 0 Å². The molecule has 11 heavy (non-hydrogen) atoms. The zero-order valence-electron chi connectivity index (χ0n) is 6.62. The molecule has 0 amide bonds. The zero-order valence-corrected chi connectivity index (χ0v) is 6.62. The summed E-state index contributed by atoms with van der Waals surface area (Å²) in [6.45, 7) is 7.48. The van der Waals surface area contributed by atoms with Crippen molar-refractivity contribution in [2.45, 2.75) is 19.4 Å². The van der Waals surface area contributed by atoms with Crippen molar-refractivity contribution in [3.05, 3.63) is 42.3 Å². The Hall–Kier alpha value is -0.820. The predicted octanol–water partition coefficient (Wildman–Crippen LogP) is 2.19. The van der Waals surface area contributed by atoms with Gasteiger partial charge in [-0.25, -0.2) is 0 Å². The molecule has 0 aliphatic rings. The minimum absolute atomic E-state index is 0.376. The molecular formula is C10H12O. The van der Waals surface area contributed by atoms with Gasteiger partial charge >= 0.3 is 0 Å². The lowest BCUT2D eigenvalue weighted by atomic mass is 10.1. The second-order valence-electron chi connectivity index (χ2n) is 2.59. The van der Waals surface area contributed by atoms with Gasteiger partial charge in [0.15, 0.2) is 0 Å². The second kappa shape index (κ2) is 3.54. The first-order chi connectivity index (χ1) is 5.24. The van der Waals surface area contributed by atoms with Crippen LogP contribution in [0.2, 0.25) is 0 Å². The number of hydrogen-bond acceptors (Lipinski definition) is 1. The molecule has 1 aromatic rings. The minimum atomic E-state index is -0.376. The Morgan fingerprint density at radius 2 is 2.27 bits per heavy atom. The summed E-state index contributed by atoms with van der Waals surface area (Å²) in [7, 11) is 0. The Labute approximate surface area is 67.7 Å². The standard InChI is InChI=1S/C10H12O/c1-3-10(11)9-6-4-5-8(2)7-9/h2,4-7,10-11H,3H2,1H3. The fourth-order valence-electron chi connectivity index (χ4n) is 1.00. The largest absolute Gasteiger partial charge is 0.388 e. The Morgan fingerprint density at radius 3 is 2.82 bits per heavy atom. The molecule has 58 valence electrons. The van der Waals surface area contributed by atoms with Gasteiger partial charge in [0.05, 0.1) is 6.10 Å². The van der Waals surface area contributed by atoms with Gasteiger partial charge in [-0.1, -0.05) is 31.2 Å². The van der Waals surface area contributed by atoms with Gasteiger partial charge in [0, 0.05) is 0 Å². The van der Waals surface area contributed by atoms with Gasteiger partial charge in [-0.2, -0.15) is 0 Å². The van der Waals surface area contributed by atoms with Crippen LogP contribution in [0.1, 0.15) is 30.6 Å². The molecule has 1 unspecified atom stereocenters. The Balaban J connectivity index is 2.86. The second-order valence-corrected chi connectivity index (χ2v) is 2.59. The normalized spacial score (nSPS) is 13.0. The molecule has 1 aromatic carbocycles. The summed E-state index contributed by atoms with van der Waals surface area (Å²) in [5.41, 5.74) is 1.60.